The van der Waals surface area contributed by atoms with Crippen LogP contribution in [0, 0.1) is 5.92 Å². The van der Waals surface area contributed by atoms with E-state index >= 15 is 0 Å². The van der Waals surface area contributed by atoms with E-state index in [0.29, 0.717) is 24.3 Å². The van der Waals surface area contributed by atoms with Crippen molar-refractivity contribution in [2.45, 2.75) is 26.4 Å². The molecule has 1 aromatic rings. The molecule has 18 heavy (non-hydrogen) atoms. The van der Waals surface area contributed by atoms with E-state index in [-0.39, 0.29) is 17.6 Å². The standard InChI is InChI=1S/C13H18N2O3/c1-8(2)13(18)6-15(7-13)12(17)11-4-10(5-14-11)9(3)16/h4-5,8,14,18H,6-7H2,1-3H3. The molecule has 1 aliphatic heterocycles. The molecular weight excluding hydrogens is 232 g/mol. The number of aromatic nitrogens is 1. The number of nitrogens with zero attached hydrogens (tertiary/aromatic N) is 1. The van der Waals surface area contributed by atoms with Crippen LogP contribution in [0.5, 0.6) is 0 Å². The van der Waals surface area contributed by atoms with Crippen molar-refractivity contribution in [1.82, 2.24) is 9.88 Å². The Morgan fingerprint density at radius 3 is 2.50 bits per heavy atom. The summed E-state index contributed by atoms with van der Waals surface area (Å²) in [7, 11) is 0. The van der Waals surface area contributed by atoms with Crippen molar-refractivity contribution in [1.29, 1.82) is 0 Å². The van der Waals surface area contributed by atoms with Gasteiger partial charge in [0.05, 0.1) is 13.1 Å². The van der Waals surface area contributed by atoms with Crippen LogP contribution >= 0.6 is 0 Å². The summed E-state index contributed by atoms with van der Waals surface area (Å²) >= 11 is 0. The van der Waals surface area contributed by atoms with Gasteiger partial charge in [0.2, 0.25) is 0 Å². The second kappa shape index (κ2) is 4.24. The molecule has 0 aromatic carbocycles. The number of amides is 1. The number of aromatic amines is 1. The van der Waals surface area contributed by atoms with Crippen LogP contribution in [0.1, 0.15) is 41.6 Å². The lowest BCUT2D eigenvalue weighted by Crippen LogP contribution is -2.66. The molecule has 2 rings (SSSR count). The normalized spacial score (nSPS) is 17.7. The van der Waals surface area contributed by atoms with Gasteiger partial charge in [-0.25, -0.2) is 0 Å². The summed E-state index contributed by atoms with van der Waals surface area (Å²) in [6.07, 6.45) is 1.53. The van der Waals surface area contributed by atoms with Crippen LogP contribution < -0.4 is 0 Å². The van der Waals surface area contributed by atoms with E-state index in [1.54, 1.807) is 11.0 Å². The van der Waals surface area contributed by atoms with Gasteiger partial charge >= 0.3 is 0 Å². The highest BCUT2D eigenvalue weighted by atomic mass is 16.3. The fourth-order valence-electron chi connectivity index (χ4n) is 2.01. The summed E-state index contributed by atoms with van der Waals surface area (Å²) in [5.41, 5.74) is 0.120. The first-order chi connectivity index (χ1) is 8.33. The van der Waals surface area contributed by atoms with Gasteiger partial charge in [-0.2, -0.15) is 0 Å². The van der Waals surface area contributed by atoms with E-state index in [9.17, 15) is 14.7 Å². The summed E-state index contributed by atoms with van der Waals surface area (Å²) in [5.74, 6) is -0.126. The molecule has 0 unspecified atom stereocenters. The predicted molar refractivity (Wildman–Crippen MR) is 66.5 cm³/mol. The lowest BCUT2D eigenvalue weighted by molar-refractivity contribution is -0.111. The molecule has 98 valence electrons. The third-order valence-electron chi connectivity index (χ3n) is 3.61. The fourth-order valence-corrected chi connectivity index (χ4v) is 2.01. The van der Waals surface area contributed by atoms with Crippen molar-refractivity contribution >= 4 is 11.7 Å². The minimum absolute atomic E-state index is 0.0763. The quantitative estimate of drug-likeness (QED) is 0.788. The number of aliphatic hydroxyl groups is 1. The van der Waals surface area contributed by atoms with Crippen LogP contribution in [0.4, 0.5) is 0 Å². The van der Waals surface area contributed by atoms with Crippen molar-refractivity contribution in [3.63, 3.8) is 0 Å². The zero-order valence-electron chi connectivity index (χ0n) is 10.9. The van der Waals surface area contributed by atoms with E-state index in [4.69, 9.17) is 0 Å². The molecular formula is C13H18N2O3. The number of likely N-dealkylation sites (tertiary alicyclic amines) is 1. The lowest BCUT2D eigenvalue weighted by atomic mass is 9.83. The minimum atomic E-state index is -0.772. The molecule has 1 amide bonds. The summed E-state index contributed by atoms with van der Waals surface area (Å²) in [4.78, 5) is 27.6. The SMILES string of the molecule is CC(=O)c1c[nH]c(C(=O)N2CC(O)(C(C)C)C2)c1. The molecule has 5 heteroatoms. The number of hydrogen-bond acceptors (Lipinski definition) is 3. The van der Waals surface area contributed by atoms with Crippen LogP contribution in [0.2, 0.25) is 0 Å². The summed E-state index contributed by atoms with van der Waals surface area (Å²) in [6, 6.07) is 1.55. The van der Waals surface area contributed by atoms with Gasteiger partial charge in [0, 0.05) is 11.8 Å². The van der Waals surface area contributed by atoms with Gasteiger partial charge in [-0.3, -0.25) is 9.59 Å². The van der Waals surface area contributed by atoms with Crippen LogP contribution in [-0.4, -0.2) is 45.4 Å². The summed E-state index contributed by atoms with van der Waals surface area (Å²) in [6.45, 7) is 6.02. The molecule has 0 atom stereocenters. The molecule has 2 heterocycles. The first-order valence-electron chi connectivity index (χ1n) is 6.04. The summed E-state index contributed by atoms with van der Waals surface area (Å²) < 4.78 is 0. The number of carbonyl (C=O) groups is 2. The average Bonchev–Trinajstić information content (AvgIpc) is 2.72. The Balaban J connectivity index is 2.04. The van der Waals surface area contributed by atoms with Gasteiger partial charge in [-0.05, 0) is 18.9 Å². The highest BCUT2D eigenvalue weighted by molar-refractivity contribution is 5.99. The van der Waals surface area contributed by atoms with E-state index < -0.39 is 5.60 Å². The molecule has 1 aromatic heterocycles. The zero-order valence-corrected chi connectivity index (χ0v) is 10.9. The number of ketones is 1. The van der Waals surface area contributed by atoms with Crippen LogP contribution in [-0.2, 0) is 0 Å². The van der Waals surface area contributed by atoms with Crippen LogP contribution in [0.25, 0.3) is 0 Å². The third-order valence-corrected chi connectivity index (χ3v) is 3.61. The van der Waals surface area contributed by atoms with Crippen LogP contribution in [0.15, 0.2) is 12.3 Å². The number of H-pyrrole nitrogens is 1. The Morgan fingerprint density at radius 1 is 1.44 bits per heavy atom. The van der Waals surface area contributed by atoms with Crippen molar-refractivity contribution < 1.29 is 14.7 Å². The van der Waals surface area contributed by atoms with Crippen molar-refractivity contribution in [3.05, 3.63) is 23.5 Å². The molecule has 0 spiro atoms. The molecule has 0 radical (unpaired) electrons. The van der Waals surface area contributed by atoms with E-state index in [0.717, 1.165) is 0 Å². The number of rotatable bonds is 3. The van der Waals surface area contributed by atoms with Gasteiger partial charge in [0.15, 0.2) is 5.78 Å². The van der Waals surface area contributed by atoms with Crippen molar-refractivity contribution in [2.75, 3.05) is 13.1 Å². The summed E-state index contributed by atoms with van der Waals surface area (Å²) in [5, 5.41) is 10.1. The first kappa shape index (κ1) is 12.8. The Hall–Kier alpha value is -1.62. The molecule has 1 saturated heterocycles. The predicted octanol–water partition coefficient (Wildman–Crippen LogP) is 1.06. The highest BCUT2D eigenvalue weighted by Gasteiger charge is 2.46. The van der Waals surface area contributed by atoms with Gasteiger partial charge in [-0.15, -0.1) is 0 Å². The monoisotopic (exact) mass is 250 g/mol. The second-order valence-corrected chi connectivity index (χ2v) is 5.28. The molecule has 1 aliphatic rings. The third kappa shape index (κ3) is 2.06. The maximum absolute atomic E-state index is 12.0. The van der Waals surface area contributed by atoms with Gasteiger partial charge in [0.1, 0.15) is 11.3 Å². The largest absolute Gasteiger partial charge is 0.386 e. The molecule has 5 nitrogen and oxygen atoms in total. The van der Waals surface area contributed by atoms with E-state index in [1.165, 1.54) is 13.1 Å². The number of nitrogens with one attached hydrogen (secondary N) is 1. The maximum atomic E-state index is 12.0. The van der Waals surface area contributed by atoms with E-state index in [1.807, 2.05) is 13.8 Å². The second-order valence-electron chi connectivity index (χ2n) is 5.28. The van der Waals surface area contributed by atoms with Gasteiger partial charge in [-0.1, -0.05) is 13.8 Å². The fraction of sp³-hybridized carbons (Fsp3) is 0.538. The highest BCUT2D eigenvalue weighted by Crippen LogP contribution is 2.29. The maximum Gasteiger partial charge on any atom is 0.270 e. The average molecular weight is 250 g/mol. The Morgan fingerprint density at radius 2 is 2.06 bits per heavy atom. The zero-order chi connectivity index (χ0) is 13.5. The Kier molecular flexibility index (Phi) is 3.02. The number of hydrogen-bond donors (Lipinski definition) is 2. The Bertz CT molecular complexity index is 484. The minimum Gasteiger partial charge on any atom is -0.386 e. The topological polar surface area (TPSA) is 73.4 Å². The molecule has 0 bridgehead atoms. The van der Waals surface area contributed by atoms with E-state index in [2.05, 4.69) is 4.98 Å². The smallest absolute Gasteiger partial charge is 0.270 e. The van der Waals surface area contributed by atoms with Crippen molar-refractivity contribution in [3.8, 4) is 0 Å². The molecule has 1 fully saturated rings. The molecule has 2 N–H and O–H groups in total. The number of β-amino-alcohol motifs (C(OH)–C–C–N with tert-alkyl or cyclic N) is 1. The lowest BCUT2D eigenvalue weighted by Gasteiger charge is -2.48. The Labute approximate surface area is 106 Å². The number of Topliss-reactive ketones (excluding diaryl/α,β-unsaturated/α-hetero) is 1. The van der Waals surface area contributed by atoms with Gasteiger partial charge < -0.3 is 15.0 Å². The van der Waals surface area contributed by atoms with Gasteiger partial charge in [0.25, 0.3) is 5.91 Å². The number of carbonyl (C=O) groups excluding carboxylic acids is 2. The first-order valence-corrected chi connectivity index (χ1v) is 6.04. The van der Waals surface area contributed by atoms with Crippen molar-refractivity contribution in [2.24, 2.45) is 5.92 Å². The molecule has 0 aliphatic carbocycles. The van der Waals surface area contributed by atoms with Crippen LogP contribution in [0.3, 0.4) is 0 Å². The molecule has 0 saturated carbocycles.